The monoisotopic (exact) mass is 274 g/mol. The average Bonchev–Trinajstić information content (AvgIpc) is 2.46. The van der Waals surface area contributed by atoms with E-state index in [4.69, 9.17) is 20.9 Å². The zero-order valence-electron chi connectivity index (χ0n) is 11.4. The third-order valence-corrected chi connectivity index (χ3v) is 2.83. The molecule has 6 nitrogen and oxygen atoms in total. The first-order valence-corrected chi connectivity index (χ1v) is 6.33. The maximum atomic E-state index is 5.68. The van der Waals surface area contributed by atoms with Crippen LogP contribution in [-0.2, 0) is 6.42 Å². The van der Waals surface area contributed by atoms with Crippen molar-refractivity contribution in [1.29, 1.82) is 0 Å². The van der Waals surface area contributed by atoms with E-state index < -0.39 is 0 Å². The molecule has 0 bridgehead atoms. The summed E-state index contributed by atoms with van der Waals surface area (Å²) in [6.45, 7) is 0.545. The van der Waals surface area contributed by atoms with Gasteiger partial charge in [0.25, 0.3) is 0 Å². The van der Waals surface area contributed by atoms with Crippen molar-refractivity contribution in [3.05, 3.63) is 36.0 Å². The van der Waals surface area contributed by atoms with Gasteiger partial charge in [-0.25, -0.2) is 4.98 Å². The second kappa shape index (κ2) is 6.60. The van der Waals surface area contributed by atoms with Crippen LogP contribution in [0.5, 0.6) is 11.5 Å². The van der Waals surface area contributed by atoms with E-state index in [0.717, 1.165) is 18.6 Å². The highest BCUT2D eigenvalue weighted by Crippen LogP contribution is 2.18. The van der Waals surface area contributed by atoms with Crippen LogP contribution in [0.25, 0.3) is 0 Å². The fourth-order valence-electron chi connectivity index (χ4n) is 1.76. The average molecular weight is 274 g/mol. The number of nitrogens with two attached hydrogens (primary N) is 2. The summed E-state index contributed by atoms with van der Waals surface area (Å²) >= 11 is 0. The third-order valence-electron chi connectivity index (χ3n) is 2.83. The minimum absolute atomic E-state index is 0.146. The van der Waals surface area contributed by atoms with Gasteiger partial charge >= 0.3 is 0 Å². The zero-order valence-corrected chi connectivity index (χ0v) is 11.4. The molecule has 0 aliphatic heterocycles. The molecule has 1 heterocycles. The van der Waals surface area contributed by atoms with Gasteiger partial charge in [-0.3, -0.25) is 0 Å². The maximum Gasteiger partial charge on any atom is 0.222 e. The molecule has 0 atom stereocenters. The molecule has 20 heavy (non-hydrogen) atoms. The topological polar surface area (TPSA) is 96.3 Å². The molecule has 4 N–H and O–H groups in total. The van der Waals surface area contributed by atoms with Gasteiger partial charge in [0.15, 0.2) is 11.6 Å². The summed E-state index contributed by atoms with van der Waals surface area (Å²) in [4.78, 5) is 7.68. The quantitative estimate of drug-likeness (QED) is 0.778. The molecular weight excluding hydrogens is 256 g/mol. The van der Waals surface area contributed by atoms with Crippen molar-refractivity contribution in [2.75, 3.05) is 25.2 Å². The van der Waals surface area contributed by atoms with Crippen LogP contribution in [0.1, 0.15) is 12.0 Å². The Morgan fingerprint density at radius 2 is 1.90 bits per heavy atom. The molecule has 0 unspecified atom stereocenters. The van der Waals surface area contributed by atoms with Crippen LogP contribution in [0.3, 0.4) is 0 Å². The standard InChI is InChI=1S/C14H18N4O2/c1-19-11-6-4-10(5-7-11)3-2-8-20-12-9-17-14(16)18-13(12)15/h4-7,9H,2-3,8H2,1H3,(H4,15,16,17,18). The number of rotatable bonds is 6. The molecule has 0 amide bonds. The molecule has 106 valence electrons. The molecule has 0 spiro atoms. The molecule has 0 aliphatic rings. The van der Waals surface area contributed by atoms with Crippen molar-refractivity contribution < 1.29 is 9.47 Å². The number of anilines is 2. The highest BCUT2D eigenvalue weighted by Gasteiger charge is 2.03. The first-order valence-electron chi connectivity index (χ1n) is 6.33. The molecule has 1 aromatic heterocycles. The fourth-order valence-corrected chi connectivity index (χ4v) is 1.76. The van der Waals surface area contributed by atoms with Gasteiger partial charge in [-0.15, -0.1) is 0 Å². The molecular formula is C14H18N4O2. The summed E-state index contributed by atoms with van der Waals surface area (Å²) < 4.78 is 10.6. The molecule has 0 radical (unpaired) electrons. The number of ether oxygens (including phenoxy) is 2. The highest BCUT2D eigenvalue weighted by molar-refractivity contribution is 5.46. The first-order chi connectivity index (χ1) is 9.69. The van der Waals surface area contributed by atoms with E-state index >= 15 is 0 Å². The van der Waals surface area contributed by atoms with E-state index in [0.29, 0.717) is 12.4 Å². The van der Waals surface area contributed by atoms with Gasteiger partial charge in [-0.2, -0.15) is 4.98 Å². The normalized spacial score (nSPS) is 10.2. The van der Waals surface area contributed by atoms with Crippen molar-refractivity contribution in [3.8, 4) is 11.5 Å². The Labute approximate surface area is 117 Å². The van der Waals surface area contributed by atoms with Crippen molar-refractivity contribution in [2.24, 2.45) is 0 Å². The molecule has 6 heteroatoms. The van der Waals surface area contributed by atoms with Gasteiger partial charge in [0, 0.05) is 0 Å². The summed E-state index contributed by atoms with van der Waals surface area (Å²) in [7, 11) is 1.65. The number of hydrogen-bond donors (Lipinski definition) is 2. The lowest BCUT2D eigenvalue weighted by atomic mass is 10.1. The van der Waals surface area contributed by atoms with Crippen LogP contribution in [0.2, 0.25) is 0 Å². The van der Waals surface area contributed by atoms with Crippen LogP contribution in [0.4, 0.5) is 11.8 Å². The summed E-state index contributed by atoms with van der Waals surface area (Å²) in [5, 5.41) is 0. The van der Waals surface area contributed by atoms with Gasteiger partial charge in [-0.05, 0) is 30.5 Å². The van der Waals surface area contributed by atoms with Crippen molar-refractivity contribution in [2.45, 2.75) is 12.8 Å². The SMILES string of the molecule is COc1ccc(CCCOc2cnc(N)nc2N)cc1. The van der Waals surface area contributed by atoms with E-state index in [1.54, 1.807) is 7.11 Å². The Balaban J connectivity index is 1.78. The Kier molecular flexibility index (Phi) is 4.60. The number of aromatic nitrogens is 2. The molecule has 0 aliphatic carbocycles. The van der Waals surface area contributed by atoms with Crippen LogP contribution >= 0.6 is 0 Å². The number of aryl methyl sites for hydroxylation is 1. The number of benzene rings is 1. The molecule has 0 saturated heterocycles. The number of hydrogen-bond acceptors (Lipinski definition) is 6. The molecule has 2 aromatic rings. The molecule has 1 aromatic carbocycles. The van der Waals surface area contributed by atoms with Gasteiger partial charge in [0.1, 0.15) is 5.75 Å². The first kappa shape index (κ1) is 13.9. The minimum atomic E-state index is 0.146. The van der Waals surface area contributed by atoms with Crippen molar-refractivity contribution in [3.63, 3.8) is 0 Å². The molecule has 0 fully saturated rings. The van der Waals surface area contributed by atoms with Crippen molar-refractivity contribution in [1.82, 2.24) is 9.97 Å². The van der Waals surface area contributed by atoms with Gasteiger partial charge in [0.05, 0.1) is 19.9 Å². The van der Waals surface area contributed by atoms with Crippen LogP contribution in [-0.4, -0.2) is 23.7 Å². The maximum absolute atomic E-state index is 5.68. The minimum Gasteiger partial charge on any atom is -0.497 e. The number of nitrogens with zero attached hydrogens (tertiary/aromatic N) is 2. The summed E-state index contributed by atoms with van der Waals surface area (Å²) in [6, 6.07) is 7.98. The third kappa shape index (κ3) is 3.74. The van der Waals surface area contributed by atoms with E-state index in [-0.39, 0.29) is 11.8 Å². The Morgan fingerprint density at radius 1 is 1.15 bits per heavy atom. The highest BCUT2D eigenvalue weighted by atomic mass is 16.5. The predicted octanol–water partition coefficient (Wildman–Crippen LogP) is 1.66. The van der Waals surface area contributed by atoms with E-state index in [1.165, 1.54) is 11.8 Å². The lowest BCUT2D eigenvalue weighted by molar-refractivity contribution is 0.310. The fraction of sp³-hybridized carbons (Fsp3) is 0.286. The van der Waals surface area contributed by atoms with Gasteiger partial charge < -0.3 is 20.9 Å². The van der Waals surface area contributed by atoms with Gasteiger partial charge in [0.2, 0.25) is 5.95 Å². The summed E-state index contributed by atoms with van der Waals surface area (Å²) in [6.07, 6.45) is 3.28. The summed E-state index contributed by atoms with van der Waals surface area (Å²) in [5.41, 5.74) is 12.3. The lowest BCUT2D eigenvalue weighted by Gasteiger charge is -2.08. The molecule has 0 saturated carbocycles. The van der Waals surface area contributed by atoms with Crippen molar-refractivity contribution >= 4 is 11.8 Å². The lowest BCUT2D eigenvalue weighted by Crippen LogP contribution is -2.05. The van der Waals surface area contributed by atoms with Gasteiger partial charge in [-0.1, -0.05) is 12.1 Å². The number of nitrogen functional groups attached to an aromatic ring is 2. The Bertz CT molecular complexity index is 558. The second-order valence-electron chi connectivity index (χ2n) is 4.28. The van der Waals surface area contributed by atoms with Crippen LogP contribution < -0.4 is 20.9 Å². The second-order valence-corrected chi connectivity index (χ2v) is 4.28. The smallest absolute Gasteiger partial charge is 0.222 e. The van der Waals surface area contributed by atoms with Crippen LogP contribution in [0.15, 0.2) is 30.5 Å². The largest absolute Gasteiger partial charge is 0.497 e. The molecule has 2 rings (SSSR count). The predicted molar refractivity (Wildman–Crippen MR) is 77.7 cm³/mol. The Morgan fingerprint density at radius 3 is 2.55 bits per heavy atom. The summed E-state index contributed by atoms with van der Waals surface area (Å²) in [5.74, 6) is 1.74. The Hall–Kier alpha value is -2.50. The zero-order chi connectivity index (χ0) is 14.4. The van der Waals surface area contributed by atoms with E-state index in [2.05, 4.69) is 9.97 Å². The van der Waals surface area contributed by atoms with Crippen LogP contribution in [0, 0.1) is 0 Å². The number of methoxy groups -OCH3 is 1. The van der Waals surface area contributed by atoms with E-state index in [9.17, 15) is 0 Å². The van der Waals surface area contributed by atoms with E-state index in [1.807, 2.05) is 24.3 Å².